The number of anilines is 1. The normalized spacial score (nSPS) is 13.5. The Kier molecular flexibility index (Phi) is 2.62. The van der Waals surface area contributed by atoms with Crippen LogP contribution in [0, 0.1) is 0 Å². The maximum atomic E-state index is 12.4. The second-order valence-corrected chi connectivity index (χ2v) is 4.83. The first-order chi connectivity index (χ1) is 10.7. The Hall–Kier alpha value is -3.28. The van der Waals surface area contributed by atoms with Gasteiger partial charge in [0.25, 0.3) is 0 Å². The first kappa shape index (κ1) is 12.5. The van der Waals surface area contributed by atoms with Crippen molar-refractivity contribution in [2.45, 2.75) is 0 Å². The molecule has 22 heavy (non-hydrogen) atoms. The van der Waals surface area contributed by atoms with Gasteiger partial charge in [-0.05, 0) is 24.3 Å². The Labute approximate surface area is 125 Å². The van der Waals surface area contributed by atoms with Crippen molar-refractivity contribution in [3.63, 3.8) is 0 Å². The minimum absolute atomic E-state index is 0.0760. The molecule has 2 amide bonds. The van der Waals surface area contributed by atoms with E-state index in [-0.39, 0.29) is 11.4 Å². The van der Waals surface area contributed by atoms with E-state index in [4.69, 9.17) is 0 Å². The molecule has 0 spiro atoms. The van der Waals surface area contributed by atoms with Crippen LogP contribution in [0.5, 0.6) is 0 Å². The number of carbonyl (C=O) groups excluding carboxylic acids is 2. The topological polar surface area (TPSA) is 75.2 Å². The lowest BCUT2D eigenvalue weighted by molar-refractivity contribution is 0.0688. The van der Waals surface area contributed by atoms with Crippen LogP contribution in [0.1, 0.15) is 21.0 Å². The minimum atomic E-state index is -0.498. The van der Waals surface area contributed by atoms with Crippen molar-refractivity contribution in [2.24, 2.45) is 0 Å². The molecule has 4 rings (SSSR count). The highest BCUT2D eigenvalue weighted by atomic mass is 16.2. The summed E-state index contributed by atoms with van der Waals surface area (Å²) < 4.78 is 0. The number of hydrogen-bond acceptors (Lipinski definition) is 5. The molecule has 3 aromatic rings. The van der Waals surface area contributed by atoms with E-state index in [1.165, 1.54) is 0 Å². The fourth-order valence-electron chi connectivity index (χ4n) is 2.35. The molecule has 1 aliphatic heterocycles. The molecule has 0 saturated heterocycles. The van der Waals surface area contributed by atoms with E-state index in [0.717, 1.165) is 5.01 Å². The molecule has 0 radical (unpaired) electrons. The summed E-state index contributed by atoms with van der Waals surface area (Å²) in [4.78, 5) is 33.3. The fourth-order valence-corrected chi connectivity index (χ4v) is 2.35. The van der Waals surface area contributed by atoms with Crippen LogP contribution < -0.4 is 5.43 Å². The number of fused-ring (bicyclic) bond motifs is 2. The Morgan fingerprint density at radius 2 is 1.23 bits per heavy atom. The number of rotatable bonds is 2. The van der Waals surface area contributed by atoms with Crippen molar-refractivity contribution >= 4 is 28.5 Å². The zero-order valence-corrected chi connectivity index (χ0v) is 11.4. The zero-order valence-electron chi connectivity index (χ0n) is 11.4. The number of hydrogen-bond donors (Lipinski definition) is 1. The van der Waals surface area contributed by atoms with Gasteiger partial charge >= 0.3 is 11.8 Å². The molecule has 0 atom stereocenters. The third kappa shape index (κ3) is 1.81. The van der Waals surface area contributed by atoms with E-state index < -0.39 is 11.8 Å². The molecule has 6 heteroatoms. The standard InChI is InChI=1S/C16H10N4O2/c21-15-13-14(18-12-9-5-4-8-11(12)17-13)16(22)20(15)19-10-6-2-1-3-7-10/h1-9,19H. The second kappa shape index (κ2) is 4.63. The molecule has 1 aliphatic rings. The van der Waals surface area contributed by atoms with Gasteiger partial charge in [0.05, 0.1) is 16.7 Å². The van der Waals surface area contributed by atoms with Crippen LogP contribution in [0.4, 0.5) is 5.69 Å². The molecule has 0 aliphatic carbocycles. The van der Waals surface area contributed by atoms with Gasteiger partial charge in [0, 0.05) is 0 Å². The van der Waals surface area contributed by atoms with Gasteiger partial charge in [-0.1, -0.05) is 30.3 Å². The summed E-state index contributed by atoms with van der Waals surface area (Å²) in [7, 11) is 0. The van der Waals surface area contributed by atoms with Crippen LogP contribution in [0.15, 0.2) is 54.6 Å². The van der Waals surface area contributed by atoms with Crippen molar-refractivity contribution in [3.05, 3.63) is 66.0 Å². The lowest BCUT2D eigenvalue weighted by Gasteiger charge is -2.15. The van der Waals surface area contributed by atoms with E-state index in [1.54, 1.807) is 24.3 Å². The highest BCUT2D eigenvalue weighted by Gasteiger charge is 2.39. The molecule has 0 bridgehead atoms. The molecule has 1 N–H and O–H groups in total. The van der Waals surface area contributed by atoms with Gasteiger partial charge in [0.15, 0.2) is 11.4 Å². The van der Waals surface area contributed by atoms with Crippen LogP contribution in [0.25, 0.3) is 11.0 Å². The predicted octanol–water partition coefficient (Wildman–Crippen LogP) is 2.25. The smallest absolute Gasteiger partial charge is 0.288 e. The quantitative estimate of drug-likeness (QED) is 0.733. The molecule has 2 heterocycles. The van der Waals surface area contributed by atoms with Crippen molar-refractivity contribution in [1.29, 1.82) is 0 Å². The molecule has 0 fully saturated rings. The number of imide groups is 1. The van der Waals surface area contributed by atoms with Gasteiger partial charge in [-0.25, -0.2) is 9.97 Å². The number of nitrogens with one attached hydrogen (secondary N) is 1. The number of benzene rings is 2. The molecular weight excluding hydrogens is 280 g/mol. The lowest BCUT2D eigenvalue weighted by atomic mass is 10.2. The summed E-state index contributed by atoms with van der Waals surface area (Å²) in [5.74, 6) is -0.996. The van der Waals surface area contributed by atoms with Crippen molar-refractivity contribution in [3.8, 4) is 0 Å². The Morgan fingerprint density at radius 1 is 0.727 bits per heavy atom. The van der Waals surface area contributed by atoms with E-state index in [9.17, 15) is 9.59 Å². The molecule has 1 aromatic heterocycles. The molecule has 6 nitrogen and oxygen atoms in total. The SMILES string of the molecule is O=C1c2nc3ccccc3nc2C(=O)N1Nc1ccccc1. The maximum absolute atomic E-state index is 12.4. The number of aromatic nitrogens is 2. The summed E-state index contributed by atoms with van der Waals surface area (Å²) in [5.41, 5.74) is 4.76. The lowest BCUT2D eigenvalue weighted by Crippen LogP contribution is -2.35. The summed E-state index contributed by atoms with van der Waals surface area (Å²) in [6.07, 6.45) is 0. The van der Waals surface area contributed by atoms with Crippen LogP contribution in [0.2, 0.25) is 0 Å². The minimum Gasteiger partial charge on any atom is -0.288 e. The number of hydrazine groups is 1. The van der Waals surface area contributed by atoms with E-state index in [1.807, 2.05) is 30.3 Å². The summed E-state index contributed by atoms with van der Waals surface area (Å²) >= 11 is 0. The van der Waals surface area contributed by atoms with Crippen molar-refractivity contribution in [2.75, 3.05) is 5.43 Å². The van der Waals surface area contributed by atoms with Crippen LogP contribution >= 0.6 is 0 Å². The van der Waals surface area contributed by atoms with E-state index >= 15 is 0 Å². The Morgan fingerprint density at radius 3 is 1.77 bits per heavy atom. The number of carbonyl (C=O) groups is 2. The van der Waals surface area contributed by atoms with Crippen molar-refractivity contribution in [1.82, 2.24) is 15.0 Å². The third-order valence-corrected chi connectivity index (χ3v) is 3.40. The van der Waals surface area contributed by atoms with Crippen LogP contribution in [0.3, 0.4) is 0 Å². The summed E-state index contributed by atoms with van der Waals surface area (Å²) in [6, 6.07) is 16.1. The Balaban J connectivity index is 1.77. The zero-order chi connectivity index (χ0) is 15.1. The van der Waals surface area contributed by atoms with Gasteiger partial charge in [0.1, 0.15) is 0 Å². The number of amides is 2. The van der Waals surface area contributed by atoms with Crippen LogP contribution in [-0.4, -0.2) is 26.8 Å². The molecular formula is C16H10N4O2. The van der Waals surface area contributed by atoms with Gasteiger partial charge in [0.2, 0.25) is 0 Å². The summed E-state index contributed by atoms with van der Waals surface area (Å²) in [6.45, 7) is 0. The predicted molar refractivity (Wildman–Crippen MR) is 80.1 cm³/mol. The highest BCUT2D eigenvalue weighted by Crippen LogP contribution is 2.23. The molecule has 2 aromatic carbocycles. The monoisotopic (exact) mass is 290 g/mol. The average molecular weight is 290 g/mol. The highest BCUT2D eigenvalue weighted by molar-refractivity contribution is 6.20. The molecule has 106 valence electrons. The number of para-hydroxylation sites is 3. The fraction of sp³-hybridized carbons (Fsp3) is 0. The van der Waals surface area contributed by atoms with E-state index in [2.05, 4.69) is 15.4 Å². The molecule has 0 unspecified atom stereocenters. The van der Waals surface area contributed by atoms with Crippen LogP contribution in [-0.2, 0) is 0 Å². The van der Waals surface area contributed by atoms with Gasteiger partial charge in [-0.2, -0.15) is 5.01 Å². The Bertz CT molecular complexity index is 854. The van der Waals surface area contributed by atoms with E-state index in [0.29, 0.717) is 16.7 Å². The second-order valence-electron chi connectivity index (χ2n) is 4.83. The van der Waals surface area contributed by atoms with Crippen molar-refractivity contribution < 1.29 is 9.59 Å². The third-order valence-electron chi connectivity index (χ3n) is 3.40. The van der Waals surface area contributed by atoms with Gasteiger partial charge in [-0.3, -0.25) is 15.0 Å². The maximum Gasteiger partial charge on any atom is 0.300 e. The first-order valence-corrected chi connectivity index (χ1v) is 6.71. The average Bonchev–Trinajstić information content (AvgIpc) is 2.79. The largest absolute Gasteiger partial charge is 0.300 e. The first-order valence-electron chi connectivity index (χ1n) is 6.71. The van der Waals surface area contributed by atoms with Gasteiger partial charge in [-0.15, -0.1) is 0 Å². The van der Waals surface area contributed by atoms with Gasteiger partial charge < -0.3 is 0 Å². The summed E-state index contributed by atoms with van der Waals surface area (Å²) in [5, 5.41) is 0.943. The number of nitrogens with zero attached hydrogens (tertiary/aromatic N) is 3. The molecule has 0 saturated carbocycles.